The molecule has 0 saturated carbocycles. The van der Waals surface area contributed by atoms with Gasteiger partial charge in [0.05, 0.1) is 11.0 Å². The van der Waals surface area contributed by atoms with Crippen molar-refractivity contribution in [3.8, 4) is 10.6 Å². The molecule has 2 heterocycles. The maximum Gasteiger partial charge on any atom is 0.329 e. The van der Waals surface area contributed by atoms with E-state index in [2.05, 4.69) is 41.5 Å². The molecule has 0 fully saturated rings. The number of rotatable bonds is 5. The molecule has 0 saturated heterocycles. The van der Waals surface area contributed by atoms with E-state index in [0.717, 1.165) is 21.6 Å². The number of nitrogens with zero attached hydrogens (tertiary/aromatic N) is 4. The Kier molecular flexibility index (Phi) is 5.02. The predicted molar refractivity (Wildman–Crippen MR) is 115 cm³/mol. The number of aromatic nitrogens is 4. The Morgan fingerprint density at radius 3 is 2.45 bits per heavy atom. The van der Waals surface area contributed by atoms with Crippen LogP contribution in [0.25, 0.3) is 21.6 Å². The van der Waals surface area contributed by atoms with Gasteiger partial charge in [0, 0.05) is 12.6 Å². The van der Waals surface area contributed by atoms with Gasteiger partial charge in [0.25, 0.3) is 0 Å². The molecule has 0 aliphatic heterocycles. The van der Waals surface area contributed by atoms with Gasteiger partial charge in [0.2, 0.25) is 11.0 Å². The Bertz CT molecular complexity index is 1230. The fourth-order valence-electron chi connectivity index (χ4n) is 3.22. The topological polar surface area (TPSA) is 81.8 Å². The molecule has 0 unspecified atom stereocenters. The maximum absolute atomic E-state index is 12.5. The van der Waals surface area contributed by atoms with Gasteiger partial charge in [-0.3, -0.25) is 19.2 Å². The fraction of sp³-hybridized carbons (Fsp3) is 0.238. The third kappa shape index (κ3) is 3.71. The standard InChI is InChI=1S/C21H21N5O2S/c1-13(2)14-8-10-15(11-9-14)19-23-24-20(29-19)22-18(27)12-26-17-7-5-4-6-16(17)25(3)21(26)28/h4-11,13H,12H2,1-3H3,(H,22,24,27). The first-order valence-corrected chi connectivity index (χ1v) is 10.1. The van der Waals surface area contributed by atoms with Crippen LogP contribution in [0.3, 0.4) is 0 Å². The van der Waals surface area contributed by atoms with Gasteiger partial charge >= 0.3 is 5.69 Å². The minimum Gasteiger partial charge on any atom is -0.299 e. The largest absolute Gasteiger partial charge is 0.329 e. The summed E-state index contributed by atoms with van der Waals surface area (Å²) in [6, 6.07) is 15.6. The van der Waals surface area contributed by atoms with Crippen molar-refractivity contribution in [2.75, 3.05) is 5.32 Å². The highest BCUT2D eigenvalue weighted by Gasteiger charge is 2.15. The summed E-state index contributed by atoms with van der Waals surface area (Å²) in [6.45, 7) is 4.21. The zero-order valence-electron chi connectivity index (χ0n) is 16.4. The average Bonchev–Trinajstić information content (AvgIpc) is 3.27. The van der Waals surface area contributed by atoms with E-state index in [4.69, 9.17) is 0 Å². The lowest BCUT2D eigenvalue weighted by atomic mass is 10.0. The molecule has 0 aliphatic carbocycles. The number of nitrogens with one attached hydrogen (secondary N) is 1. The molecule has 0 radical (unpaired) electrons. The minimum atomic E-state index is -0.318. The molecule has 7 nitrogen and oxygen atoms in total. The molecular weight excluding hydrogens is 386 g/mol. The van der Waals surface area contributed by atoms with Gasteiger partial charge in [-0.1, -0.05) is 61.6 Å². The molecule has 4 rings (SSSR count). The number of amides is 1. The van der Waals surface area contributed by atoms with E-state index < -0.39 is 0 Å². The summed E-state index contributed by atoms with van der Waals surface area (Å²) < 4.78 is 2.99. The van der Waals surface area contributed by atoms with Crippen LogP contribution < -0.4 is 11.0 Å². The van der Waals surface area contributed by atoms with Gasteiger partial charge in [0.1, 0.15) is 11.6 Å². The van der Waals surface area contributed by atoms with E-state index in [1.54, 1.807) is 7.05 Å². The third-order valence-corrected chi connectivity index (χ3v) is 5.74. The van der Waals surface area contributed by atoms with Crippen LogP contribution in [0, 0.1) is 0 Å². The number of imidazole rings is 1. The minimum absolute atomic E-state index is 0.0851. The number of fused-ring (bicyclic) bond motifs is 1. The summed E-state index contributed by atoms with van der Waals surface area (Å²) in [7, 11) is 1.70. The zero-order valence-corrected chi connectivity index (χ0v) is 17.2. The molecule has 0 spiro atoms. The highest BCUT2D eigenvalue weighted by atomic mass is 32.1. The number of carbonyl (C=O) groups excluding carboxylic acids is 1. The predicted octanol–water partition coefficient (Wildman–Crippen LogP) is 3.62. The average molecular weight is 407 g/mol. The van der Waals surface area contributed by atoms with Gasteiger partial charge in [-0.05, 0) is 23.6 Å². The molecule has 1 N–H and O–H groups in total. The smallest absolute Gasteiger partial charge is 0.299 e. The number of benzene rings is 2. The number of carbonyl (C=O) groups is 1. The van der Waals surface area contributed by atoms with Crippen molar-refractivity contribution in [2.24, 2.45) is 7.05 Å². The van der Waals surface area contributed by atoms with Crippen LogP contribution in [0.15, 0.2) is 53.3 Å². The molecule has 0 aliphatic rings. The van der Waals surface area contributed by atoms with E-state index in [1.165, 1.54) is 26.0 Å². The number of aryl methyl sites for hydroxylation is 1. The van der Waals surface area contributed by atoms with Crippen LogP contribution in [0.1, 0.15) is 25.3 Å². The van der Waals surface area contributed by atoms with Crippen LogP contribution in [-0.2, 0) is 18.4 Å². The highest BCUT2D eigenvalue weighted by Crippen LogP contribution is 2.27. The Morgan fingerprint density at radius 1 is 1.07 bits per heavy atom. The SMILES string of the molecule is CC(C)c1ccc(-c2nnc(NC(=O)Cn3c(=O)n(C)c4ccccc43)s2)cc1. The van der Waals surface area contributed by atoms with Crippen LogP contribution in [0.4, 0.5) is 5.13 Å². The molecule has 2 aromatic heterocycles. The summed E-state index contributed by atoms with van der Waals surface area (Å²) in [4.78, 5) is 25.0. The summed E-state index contributed by atoms with van der Waals surface area (Å²) >= 11 is 1.31. The van der Waals surface area contributed by atoms with Gasteiger partial charge in [-0.25, -0.2) is 4.79 Å². The first-order valence-electron chi connectivity index (χ1n) is 9.32. The molecule has 29 heavy (non-hydrogen) atoms. The molecule has 0 bridgehead atoms. The van der Waals surface area contributed by atoms with Gasteiger partial charge in [-0.15, -0.1) is 10.2 Å². The van der Waals surface area contributed by atoms with E-state index in [1.807, 2.05) is 36.4 Å². The maximum atomic E-state index is 12.5. The molecule has 8 heteroatoms. The van der Waals surface area contributed by atoms with Crippen LogP contribution in [0.2, 0.25) is 0 Å². The summed E-state index contributed by atoms with van der Waals surface area (Å²) in [5.41, 5.74) is 3.49. The van der Waals surface area contributed by atoms with Crippen molar-refractivity contribution in [2.45, 2.75) is 26.3 Å². The van der Waals surface area contributed by atoms with Crippen molar-refractivity contribution in [3.05, 3.63) is 64.6 Å². The second kappa shape index (κ2) is 7.63. The Labute approximate surface area is 171 Å². The van der Waals surface area contributed by atoms with E-state index in [-0.39, 0.29) is 18.1 Å². The number of anilines is 1. The lowest BCUT2D eigenvalue weighted by molar-refractivity contribution is -0.116. The first-order chi connectivity index (χ1) is 13.9. The number of hydrogen-bond acceptors (Lipinski definition) is 5. The zero-order chi connectivity index (χ0) is 20.5. The second-order valence-electron chi connectivity index (χ2n) is 7.15. The Hall–Kier alpha value is -3.26. The molecule has 1 amide bonds. The van der Waals surface area contributed by atoms with Gasteiger partial charge in [0.15, 0.2) is 0 Å². The molecule has 4 aromatic rings. The second-order valence-corrected chi connectivity index (χ2v) is 8.13. The molecular formula is C21H21N5O2S. The lowest BCUT2D eigenvalue weighted by Crippen LogP contribution is -2.28. The van der Waals surface area contributed by atoms with Crippen LogP contribution >= 0.6 is 11.3 Å². The lowest BCUT2D eigenvalue weighted by Gasteiger charge is -2.05. The van der Waals surface area contributed by atoms with E-state index >= 15 is 0 Å². The van der Waals surface area contributed by atoms with Crippen molar-refractivity contribution in [1.82, 2.24) is 19.3 Å². The quantitative estimate of drug-likeness (QED) is 0.548. The summed E-state index contributed by atoms with van der Waals surface area (Å²) in [6.07, 6.45) is 0. The van der Waals surface area contributed by atoms with Crippen molar-refractivity contribution in [1.29, 1.82) is 0 Å². The van der Waals surface area contributed by atoms with Crippen molar-refractivity contribution >= 4 is 33.4 Å². The van der Waals surface area contributed by atoms with E-state index in [9.17, 15) is 9.59 Å². The monoisotopic (exact) mass is 407 g/mol. The Balaban J connectivity index is 1.50. The van der Waals surface area contributed by atoms with Gasteiger partial charge in [-0.2, -0.15) is 0 Å². The normalized spacial score (nSPS) is 11.3. The number of para-hydroxylation sites is 2. The van der Waals surface area contributed by atoms with Crippen molar-refractivity contribution < 1.29 is 4.79 Å². The van der Waals surface area contributed by atoms with E-state index in [0.29, 0.717) is 11.0 Å². The summed E-state index contributed by atoms with van der Waals surface area (Å²) in [5, 5.41) is 12.1. The fourth-order valence-corrected chi connectivity index (χ4v) is 3.98. The van der Waals surface area contributed by atoms with Crippen LogP contribution in [-0.4, -0.2) is 25.2 Å². The van der Waals surface area contributed by atoms with Gasteiger partial charge < -0.3 is 0 Å². The van der Waals surface area contributed by atoms with Crippen LogP contribution in [0.5, 0.6) is 0 Å². The molecule has 148 valence electrons. The summed E-state index contributed by atoms with van der Waals surface area (Å²) in [5.74, 6) is 0.145. The number of hydrogen-bond donors (Lipinski definition) is 1. The molecule has 2 aromatic carbocycles. The highest BCUT2D eigenvalue weighted by molar-refractivity contribution is 7.18. The molecule has 0 atom stereocenters. The van der Waals surface area contributed by atoms with Crippen molar-refractivity contribution in [3.63, 3.8) is 0 Å². The Morgan fingerprint density at radius 2 is 1.76 bits per heavy atom. The first kappa shape index (κ1) is 19.1. The third-order valence-electron chi connectivity index (χ3n) is 4.85.